The number of allylic oxidation sites excluding steroid dienone is 4. The Bertz CT molecular complexity index is 615. The summed E-state index contributed by atoms with van der Waals surface area (Å²) in [7, 11) is 0. The van der Waals surface area contributed by atoms with Gasteiger partial charge in [0.15, 0.2) is 5.82 Å². The minimum absolute atomic E-state index is 0.0321. The molecule has 20 heavy (non-hydrogen) atoms. The molecule has 0 aliphatic heterocycles. The molecule has 0 bridgehead atoms. The Balaban J connectivity index is 2.14. The summed E-state index contributed by atoms with van der Waals surface area (Å²) in [4.78, 5) is 8.39. The summed E-state index contributed by atoms with van der Waals surface area (Å²) < 4.78 is 39.2. The standard InChI is InChI=1S/C14H14F3N3/c15-14(16,17)10-6-2-1-4-8(10)13-19-11-7-3-5-9(11)12(18)20-13/h1,4H,2-3,5-7H2,(H2,18,19,20). The van der Waals surface area contributed by atoms with Gasteiger partial charge in [0, 0.05) is 22.4 Å². The van der Waals surface area contributed by atoms with Gasteiger partial charge in [0.2, 0.25) is 0 Å². The van der Waals surface area contributed by atoms with Crippen molar-refractivity contribution in [1.29, 1.82) is 0 Å². The summed E-state index contributed by atoms with van der Waals surface area (Å²) in [6.07, 6.45) is 1.68. The van der Waals surface area contributed by atoms with E-state index in [4.69, 9.17) is 5.73 Å². The maximum atomic E-state index is 13.1. The van der Waals surface area contributed by atoms with Crippen molar-refractivity contribution in [1.82, 2.24) is 9.97 Å². The number of aryl methyl sites for hydroxylation is 1. The van der Waals surface area contributed by atoms with Gasteiger partial charge < -0.3 is 5.73 Å². The normalized spacial score (nSPS) is 18.6. The van der Waals surface area contributed by atoms with Gasteiger partial charge in [-0.1, -0.05) is 12.2 Å². The van der Waals surface area contributed by atoms with E-state index >= 15 is 0 Å². The average Bonchev–Trinajstić information content (AvgIpc) is 2.86. The Hall–Kier alpha value is -1.85. The second-order valence-electron chi connectivity index (χ2n) is 5.04. The van der Waals surface area contributed by atoms with Crippen LogP contribution in [-0.2, 0) is 12.8 Å². The van der Waals surface area contributed by atoms with Gasteiger partial charge in [-0.25, -0.2) is 9.97 Å². The minimum atomic E-state index is -4.35. The number of hydrogen-bond donors (Lipinski definition) is 1. The number of anilines is 1. The molecule has 0 saturated carbocycles. The van der Waals surface area contributed by atoms with Crippen LogP contribution < -0.4 is 5.73 Å². The Labute approximate surface area is 114 Å². The van der Waals surface area contributed by atoms with Gasteiger partial charge in [0.25, 0.3) is 0 Å². The van der Waals surface area contributed by atoms with Crippen molar-refractivity contribution in [2.75, 3.05) is 5.73 Å². The number of halogens is 3. The lowest BCUT2D eigenvalue weighted by molar-refractivity contribution is -0.0933. The van der Waals surface area contributed by atoms with E-state index in [0.29, 0.717) is 12.2 Å². The number of hydrogen-bond acceptors (Lipinski definition) is 3. The van der Waals surface area contributed by atoms with Crippen LogP contribution in [-0.4, -0.2) is 16.1 Å². The van der Waals surface area contributed by atoms with Crippen molar-refractivity contribution in [3.8, 4) is 0 Å². The van der Waals surface area contributed by atoms with Crippen LogP contribution in [0.2, 0.25) is 0 Å². The fraction of sp³-hybridized carbons (Fsp3) is 0.429. The van der Waals surface area contributed by atoms with Crippen molar-refractivity contribution >= 4 is 11.4 Å². The molecular weight excluding hydrogens is 267 g/mol. The Morgan fingerprint density at radius 2 is 1.90 bits per heavy atom. The van der Waals surface area contributed by atoms with Gasteiger partial charge in [0.05, 0.1) is 0 Å². The molecule has 0 aromatic carbocycles. The molecule has 106 valence electrons. The summed E-state index contributed by atoms with van der Waals surface area (Å²) in [6.45, 7) is 0. The molecule has 0 amide bonds. The second-order valence-corrected chi connectivity index (χ2v) is 5.04. The van der Waals surface area contributed by atoms with Crippen LogP contribution >= 0.6 is 0 Å². The first-order chi connectivity index (χ1) is 9.47. The Morgan fingerprint density at radius 3 is 2.65 bits per heavy atom. The van der Waals surface area contributed by atoms with E-state index in [9.17, 15) is 13.2 Å². The first-order valence-electron chi connectivity index (χ1n) is 6.59. The third-order valence-corrected chi connectivity index (χ3v) is 3.72. The first-order valence-corrected chi connectivity index (χ1v) is 6.59. The molecule has 3 nitrogen and oxygen atoms in total. The fourth-order valence-electron chi connectivity index (χ4n) is 2.75. The predicted octanol–water partition coefficient (Wildman–Crippen LogP) is 3.21. The summed E-state index contributed by atoms with van der Waals surface area (Å²) in [5.41, 5.74) is 7.04. The van der Waals surface area contributed by atoms with Crippen LogP contribution in [0, 0.1) is 0 Å². The zero-order valence-electron chi connectivity index (χ0n) is 10.8. The molecule has 0 fully saturated rings. The second kappa shape index (κ2) is 4.61. The molecule has 0 radical (unpaired) electrons. The molecule has 1 heterocycles. The maximum absolute atomic E-state index is 13.1. The maximum Gasteiger partial charge on any atom is 0.413 e. The van der Waals surface area contributed by atoms with E-state index < -0.39 is 11.7 Å². The minimum Gasteiger partial charge on any atom is -0.383 e. The van der Waals surface area contributed by atoms with E-state index in [1.807, 2.05) is 0 Å². The van der Waals surface area contributed by atoms with Crippen molar-refractivity contribution in [3.63, 3.8) is 0 Å². The number of aromatic nitrogens is 2. The van der Waals surface area contributed by atoms with Gasteiger partial charge in [0.1, 0.15) is 5.82 Å². The van der Waals surface area contributed by atoms with Crippen LogP contribution in [0.4, 0.5) is 19.0 Å². The van der Waals surface area contributed by atoms with Gasteiger partial charge in [-0.3, -0.25) is 0 Å². The van der Waals surface area contributed by atoms with Crippen LogP contribution in [0.1, 0.15) is 36.3 Å². The molecule has 1 aromatic heterocycles. The van der Waals surface area contributed by atoms with Gasteiger partial charge in [-0.2, -0.15) is 13.2 Å². The Kier molecular flexibility index (Phi) is 3.03. The molecule has 0 atom stereocenters. The molecular formula is C14H14F3N3. The average molecular weight is 281 g/mol. The van der Waals surface area contributed by atoms with Crippen molar-refractivity contribution in [2.24, 2.45) is 0 Å². The molecule has 1 aromatic rings. The molecule has 0 unspecified atom stereocenters. The quantitative estimate of drug-likeness (QED) is 0.860. The van der Waals surface area contributed by atoms with Crippen LogP contribution in [0.15, 0.2) is 17.7 Å². The molecule has 6 heteroatoms. The monoisotopic (exact) mass is 281 g/mol. The predicted molar refractivity (Wildman–Crippen MR) is 69.8 cm³/mol. The summed E-state index contributed by atoms with van der Waals surface area (Å²) in [6, 6.07) is 0. The van der Waals surface area contributed by atoms with E-state index in [1.54, 1.807) is 6.08 Å². The van der Waals surface area contributed by atoms with Gasteiger partial charge in [-0.15, -0.1) is 0 Å². The highest BCUT2D eigenvalue weighted by Gasteiger charge is 2.37. The molecule has 2 aliphatic rings. The number of nitrogen functional groups attached to an aromatic ring is 1. The van der Waals surface area contributed by atoms with Gasteiger partial charge >= 0.3 is 6.18 Å². The Morgan fingerprint density at radius 1 is 1.10 bits per heavy atom. The summed E-state index contributed by atoms with van der Waals surface area (Å²) >= 11 is 0. The number of nitrogens with two attached hydrogens (primary N) is 1. The number of fused-ring (bicyclic) bond motifs is 1. The zero-order chi connectivity index (χ0) is 14.3. The van der Waals surface area contributed by atoms with E-state index in [1.165, 1.54) is 6.08 Å². The highest BCUT2D eigenvalue weighted by molar-refractivity contribution is 5.75. The third-order valence-electron chi connectivity index (χ3n) is 3.72. The highest BCUT2D eigenvalue weighted by atomic mass is 19.4. The van der Waals surface area contributed by atoms with Crippen molar-refractivity contribution < 1.29 is 13.2 Å². The lowest BCUT2D eigenvalue weighted by atomic mass is 9.96. The molecule has 0 saturated heterocycles. The van der Waals surface area contributed by atoms with Crippen molar-refractivity contribution in [3.05, 3.63) is 34.8 Å². The number of rotatable bonds is 1. The molecule has 2 N–H and O–H groups in total. The highest BCUT2D eigenvalue weighted by Crippen LogP contribution is 2.38. The lowest BCUT2D eigenvalue weighted by Gasteiger charge is -2.18. The largest absolute Gasteiger partial charge is 0.413 e. The zero-order valence-corrected chi connectivity index (χ0v) is 10.8. The summed E-state index contributed by atoms with van der Waals surface area (Å²) in [5.74, 6) is 0.418. The summed E-state index contributed by atoms with van der Waals surface area (Å²) in [5, 5.41) is 0. The number of alkyl halides is 3. The van der Waals surface area contributed by atoms with Crippen LogP contribution in [0.3, 0.4) is 0 Å². The first kappa shape index (κ1) is 13.1. The van der Waals surface area contributed by atoms with Gasteiger partial charge in [-0.05, 0) is 32.1 Å². The van der Waals surface area contributed by atoms with E-state index in [0.717, 1.165) is 30.5 Å². The molecule has 3 rings (SSSR count). The fourth-order valence-corrected chi connectivity index (χ4v) is 2.75. The van der Waals surface area contributed by atoms with Crippen molar-refractivity contribution in [2.45, 2.75) is 38.3 Å². The topological polar surface area (TPSA) is 51.8 Å². The lowest BCUT2D eigenvalue weighted by Crippen LogP contribution is -2.17. The van der Waals surface area contributed by atoms with Crippen LogP contribution in [0.25, 0.3) is 5.57 Å². The van der Waals surface area contributed by atoms with Crippen LogP contribution in [0.5, 0.6) is 0 Å². The SMILES string of the molecule is Nc1nc(C2=C(C(F)(F)F)CCC=C2)nc2c1CCC2. The molecule has 2 aliphatic carbocycles. The number of nitrogens with zero attached hydrogens (tertiary/aromatic N) is 2. The third kappa shape index (κ3) is 2.19. The van der Waals surface area contributed by atoms with E-state index in [-0.39, 0.29) is 17.8 Å². The van der Waals surface area contributed by atoms with E-state index in [2.05, 4.69) is 9.97 Å². The smallest absolute Gasteiger partial charge is 0.383 e. The molecule has 0 spiro atoms.